The molecule has 1 aliphatic heterocycles. The average molecular weight is 393 g/mol. The molecule has 1 aliphatic rings. The van der Waals surface area contributed by atoms with Crippen LogP contribution in [-0.4, -0.2) is 38.9 Å². The maximum Gasteiger partial charge on any atom is 0.315 e. The minimum atomic E-state index is -3.78. The molecule has 8 heteroatoms. The lowest BCUT2D eigenvalue weighted by atomic mass is 10.00. The van der Waals surface area contributed by atoms with Crippen LogP contribution in [-0.2, 0) is 14.8 Å². The van der Waals surface area contributed by atoms with Crippen molar-refractivity contribution in [1.82, 2.24) is 4.31 Å². The van der Waals surface area contributed by atoms with Crippen molar-refractivity contribution in [2.75, 3.05) is 20.2 Å². The number of carbonyl (C=O) groups is 1. The van der Waals surface area contributed by atoms with Crippen molar-refractivity contribution in [3.05, 3.63) is 54.3 Å². The lowest BCUT2D eigenvalue weighted by molar-refractivity contribution is -0.140. The predicted octanol–water partition coefficient (Wildman–Crippen LogP) is 2.84. The Hall–Kier alpha value is -2.45. The van der Waals surface area contributed by atoms with Gasteiger partial charge >= 0.3 is 5.97 Å². The monoisotopic (exact) mass is 393 g/mol. The quantitative estimate of drug-likeness (QED) is 0.577. The van der Waals surface area contributed by atoms with Crippen molar-refractivity contribution in [2.24, 2.45) is 5.92 Å². The highest BCUT2D eigenvalue weighted by molar-refractivity contribution is 7.89. The van der Waals surface area contributed by atoms with Gasteiger partial charge in [0.1, 0.15) is 17.3 Å². The van der Waals surface area contributed by atoms with E-state index in [0.717, 1.165) is 12.1 Å². The van der Waals surface area contributed by atoms with Crippen LogP contribution >= 0.6 is 0 Å². The molecule has 0 saturated carbocycles. The molecule has 1 fully saturated rings. The first-order chi connectivity index (χ1) is 12.9. The van der Waals surface area contributed by atoms with Gasteiger partial charge in [-0.05, 0) is 61.4 Å². The summed E-state index contributed by atoms with van der Waals surface area (Å²) in [6, 6.07) is 11.2. The van der Waals surface area contributed by atoms with Crippen LogP contribution in [0, 0.1) is 11.7 Å². The van der Waals surface area contributed by atoms with Gasteiger partial charge in [-0.1, -0.05) is 0 Å². The molecule has 1 unspecified atom stereocenters. The van der Waals surface area contributed by atoms with Gasteiger partial charge in [-0.3, -0.25) is 4.79 Å². The van der Waals surface area contributed by atoms with Crippen LogP contribution in [0.2, 0.25) is 0 Å². The fourth-order valence-corrected chi connectivity index (χ4v) is 4.48. The van der Waals surface area contributed by atoms with Gasteiger partial charge in [0.2, 0.25) is 10.0 Å². The van der Waals surface area contributed by atoms with Crippen LogP contribution in [0.1, 0.15) is 12.8 Å². The van der Waals surface area contributed by atoms with Crippen molar-refractivity contribution < 1.29 is 27.1 Å². The van der Waals surface area contributed by atoms with E-state index in [0.29, 0.717) is 30.9 Å². The van der Waals surface area contributed by atoms with E-state index in [-0.39, 0.29) is 11.4 Å². The summed E-state index contributed by atoms with van der Waals surface area (Å²) in [6.45, 7) is 0.348. The number of hydrogen-bond acceptors (Lipinski definition) is 5. The van der Waals surface area contributed by atoms with E-state index in [4.69, 9.17) is 9.47 Å². The number of benzene rings is 2. The first kappa shape index (κ1) is 19.3. The Kier molecular flexibility index (Phi) is 5.76. The van der Waals surface area contributed by atoms with Gasteiger partial charge in [0.15, 0.2) is 0 Å². The zero-order valence-electron chi connectivity index (χ0n) is 14.8. The fraction of sp³-hybridized carbons (Fsp3) is 0.316. The van der Waals surface area contributed by atoms with Gasteiger partial charge < -0.3 is 9.47 Å². The molecule has 0 amide bonds. The van der Waals surface area contributed by atoms with Gasteiger partial charge in [-0.2, -0.15) is 4.31 Å². The molecule has 1 heterocycles. The third-order valence-corrected chi connectivity index (χ3v) is 6.33. The van der Waals surface area contributed by atoms with E-state index in [1.807, 2.05) is 0 Å². The van der Waals surface area contributed by atoms with Crippen molar-refractivity contribution in [2.45, 2.75) is 17.7 Å². The number of methoxy groups -OCH3 is 1. The summed E-state index contributed by atoms with van der Waals surface area (Å²) in [7, 11) is -2.24. The largest absolute Gasteiger partial charge is 0.497 e. The molecular weight excluding hydrogens is 373 g/mol. The Morgan fingerprint density at radius 3 is 2.33 bits per heavy atom. The summed E-state index contributed by atoms with van der Waals surface area (Å²) >= 11 is 0. The smallest absolute Gasteiger partial charge is 0.315 e. The summed E-state index contributed by atoms with van der Waals surface area (Å²) in [5.41, 5.74) is 0. The van der Waals surface area contributed by atoms with Crippen LogP contribution < -0.4 is 9.47 Å². The van der Waals surface area contributed by atoms with Crippen LogP contribution in [0.3, 0.4) is 0 Å². The summed E-state index contributed by atoms with van der Waals surface area (Å²) in [4.78, 5) is 12.5. The fourth-order valence-electron chi connectivity index (χ4n) is 2.95. The molecule has 1 saturated heterocycles. The van der Waals surface area contributed by atoms with E-state index in [9.17, 15) is 17.6 Å². The van der Waals surface area contributed by atoms with Crippen molar-refractivity contribution in [1.29, 1.82) is 0 Å². The van der Waals surface area contributed by atoms with E-state index < -0.39 is 27.7 Å². The maximum atomic E-state index is 13.1. The van der Waals surface area contributed by atoms with Gasteiger partial charge in [-0.15, -0.1) is 0 Å². The minimum absolute atomic E-state index is 0.00747. The van der Waals surface area contributed by atoms with Gasteiger partial charge in [0.25, 0.3) is 0 Å². The summed E-state index contributed by atoms with van der Waals surface area (Å²) in [6.07, 6.45) is 1.09. The Morgan fingerprint density at radius 2 is 1.70 bits per heavy atom. The van der Waals surface area contributed by atoms with E-state index in [1.165, 1.54) is 16.4 Å². The van der Waals surface area contributed by atoms with Gasteiger partial charge in [0.05, 0.1) is 17.9 Å². The van der Waals surface area contributed by atoms with Crippen molar-refractivity contribution >= 4 is 16.0 Å². The molecule has 27 heavy (non-hydrogen) atoms. The summed E-state index contributed by atoms with van der Waals surface area (Å²) < 4.78 is 50.2. The standard InChI is InChI=1S/C19H20FNO5S/c1-25-16-6-8-17(9-7-16)26-19(22)14-3-2-12-21(13-14)27(23,24)18-10-4-15(20)5-11-18/h4-11,14H,2-3,12-13H2,1H3. The Morgan fingerprint density at radius 1 is 1.07 bits per heavy atom. The second-order valence-corrected chi connectivity index (χ2v) is 8.19. The molecule has 0 bridgehead atoms. The van der Waals surface area contributed by atoms with Crippen LogP contribution in [0.25, 0.3) is 0 Å². The third kappa shape index (κ3) is 4.45. The molecule has 1 atom stereocenters. The number of sulfonamides is 1. The highest BCUT2D eigenvalue weighted by Crippen LogP contribution is 2.26. The van der Waals surface area contributed by atoms with Crippen LogP contribution in [0.5, 0.6) is 11.5 Å². The average Bonchev–Trinajstić information content (AvgIpc) is 2.69. The molecule has 6 nitrogen and oxygen atoms in total. The number of hydrogen-bond donors (Lipinski definition) is 0. The number of nitrogens with zero attached hydrogens (tertiary/aromatic N) is 1. The first-order valence-electron chi connectivity index (χ1n) is 8.51. The molecule has 0 N–H and O–H groups in total. The first-order valence-corrected chi connectivity index (χ1v) is 9.95. The maximum absolute atomic E-state index is 13.1. The molecule has 3 rings (SSSR count). The summed E-state index contributed by atoms with van der Waals surface area (Å²) in [5.74, 6) is -0.521. The Bertz CT molecular complexity index is 897. The van der Waals surface area contributed by atoms with E-state index >= 15 is 0 Å². The molecule has 0 radical (unpaired) electrons. The predicted molar refractivity (Wildman–Crippen MR) is 96.5 cm³/mol. The van der Waals surface area contributed by atoms with Crippen LogP contribution in [0.15, 0.2) is 53.4 Å². The zero-order valence-corrected chi connectivity index (χ0v) is 15.6. The third-order valence-electron chi connectivity index (χ3n) is 4.45. The number of esters is 1. The highest BCUT2D eigenvalue weighted by atomic mass is 32.2. The van der Waals surface area contributed by atoms with Crippen LogP contribution in [0.4, 0.5) is 4.39 Å². The van der Waals surface area contributed by atoms with Crippen molar-refractivity contribution in [3.8, 4) is 11.5 Å². The summed E-state index contributed by atoms with van der Waals surface area (Å²) in [5, 5.41) is 0. The Balaban J connectivity index is 1.69. The lowest BCUT2D eigenvalue weighted by Crippen LogP contribution is -2.43. The Labute approximate surface area is 157 Å². The molecule has 0 spiro atoms. The second-order valence-electron chi connectivity index (χ2n) is 6.25. The van der Waals surface area contributed by atoms with Gasteiger partial charge in [0, 0.05) is 13.1 Å². The SMILES string of the molecule is COc1ccc(OC(=O)C2CCCN(S(=O)(=O)c3ccc(F)cc3)C2)cc1. The van der Waals surface area contributed by atoms with Gasteiger partial charge in [-0.25, -0.2) is 12.8 Å². The zero-order chi connectivity index (χ0) is 19.4. The molecule has 2 aromatic carbocycles. The second kappa shape index (κ2) is 8.06. The number of rotatable bonds is 5. The van der Waals surface area contributed by atoms with E-state index in [2.05, 4.69) is 0 Å². The molecule has 2 aromatic rings. The number of ether oxygens (including phenoxy) is 2. The molecule has 0 aromatic heterocycles. The van der Waals surface area contributed by atoms with Crippen molar-refractivity contribution in [3.63, 3.8) is 0 Å². The number of carbonyl (C=O) groups excluding carboxylic acids is 1. The lowest BCUT2D eigenvalue weighted by Gasteiger charge is -2.30. The molecule has 144 valence electrons. The normalized spacial score (nSPS) is 18.1. The minimum Gasteiger partial charge on any atom is -0.497 e. The molecular formula is C19H20FNO5S. The van der Waals surface area contributed by atoms with E-state index in [1.54, 1.807) is 31.4 Å². The number of piperidine rings is 1. The number of halogens is 1. The molecule has 0 aliphatic carbocycles. The topological polar surface area (TPSA) is 72.9 Å². The highest BCUT2D eigenvalue weighted by Gasteiger charge is 2.34.